The summed E-state index contributed by atoms with van der Waals surface area (Å²) in [7, 11) is 0. The van der Waals surface area contributed by atoms with Crippen LogP contribution in [0.25, 0.3) is 0 Å². The maximum atomic E-state index is 11.7. The van der Waals surface area contributed by atoms with Gasteiger partial charge in [0.05, 0.1) is 6.61 Å². The highest BCUT2D eigenvalue weighted by Crippen LogP contribution is 2.29. The Morgan fingerprint density at radius 2 is 2.17 bits per heavy atom. The molecule has 0 fully saturated rings. The number of rotatable bonds is 5. The Bertz CT molecular complexity index is 465. The second-order valence-corrected chi connectivity index (χ2v) is 4.40. The van der Waals surface area contributed by atoms with Gasteiger partial charge in [-0.1, -0.05) is 12.1 Å². The van der Waals surface area contributed by atoms with E-state index in [4.69, 9.17) is 9.84 Å². The quantitative estimate of drug-likeness (QED) is 0.813. The van der Waals surface area contributed by atoms with E-state index >= 15 is 0 Å². The summed E-state index contributed by atoms with van der Waals surface area (Å²) in [5.74, 6) is 0.0852. The molecule has 0 heterocycles. The molecule has 2 rings (SSSR count). The van der Waals surface area contributed by atoms with Gasteiger partial charge in [-0.2, -0.15) is 0 Å². The van der Waals surface area contributed by atoms with E-state index in [2.05, 4.69) is 0 Å². The number of hydrogen-bond acceptors (Lipinski definition) is 3. The van der Waals surface area contributed by atoms with E-state index < -0.39 is 5.97 Å². The third-order valence-electron chi connectivity index (χ3n) is 3.06. The summed E-state index contributed by atoms with van der Waals surface area (Å²) in [4.78, 5) is 22.1. The maximum absolute atomic E-state index is 11.7. The molecule has 0 aromatic heterocycles. The van der Waals surface area contributed by atoms with Gasteiger partial charge in [0, 0.05) is 24.0 Å². The van der Waals surface area contributed by atoms with Crippen molar-refractivity contribution in [3.05, 3.63) is 29.3 Å². The Hall–Kier alpha value is -1.84. The molecule has 1 aliphatic carbocycles. The smallest absolute Gasteiger partial charge is 0.303 e. The molecule has 1 aromatic rings. The summed E-state index contributed by atoms with van der Waals surface area (Å²) in [6.07, 6.45) is 2.91. The van der Waals surface area contributed by atoms with E-state index in [1.165, 1.54) is 0 Å². The number of carboxylic acids is 1. The molecule has 0 amide bonds. The summed E-state index contributed by atoms with van der Waals surface area (Å²) in [6, 6.07) is 5.49. The van der Waals surface area contributed by atoms with Gasteiger partial charge in [0.25, 0.3) is 0 Å². The number of benzene rings is 1. The van der Waals surface area contributed by atoms with Gasteiger partial charge in [-0.25, -0.2) is 0 Å². The molecule has 4 nitrogen and oxygen atoms in total. The molecule has 18 heavy (non-hydrogen) atoms. The van der Waals surface area contributed by atoms with Crippen molar-refractivity contribution in [2.24, 2.45) is 0 Å². The van der Waals surface area contributed by atoms with Gasteiger partial charge in [-0.3, -0.25) is 9.59 Å². The summed E-state index contributed by atoms with van der Waals surface area (Å²) >= 11 is 0. The predicted octanol–water partition coefficient (Wildman–Crippen LogP) is 2.45. The number of hydrogen-bond donors (Lipinski definition) is 1. The molecular formula is C14H16O4. The molecule has 96 valence electrons. The van der Waals surface area contributed by atoms with E-state index in [0.717, 1.165) is 29.7 Å². The average Bonchev–Trinajstić information content (AvgIpc) is 2.35. The van der Waals surface area contributed by atoms with Crippen LogP contribution >= 0.6 is 0 Å². The third kappa shape index (κ3) is 2.88. The van der Waals surface area contributed by atoms with E-state index in [9.17, 15) is 9.59 Å². The largest absolute Gasteiger partial charge is 0.493 e. The van der Waals surface area contributed by atoms with Crippen molar-refractivity contribution in [1.29, 1.82) is 0 Å². The lowest BCUT2D eigenvalue weighted by atomic mass is 9.90. The average molecular weight is 248 g/mol. The van der Waals surface area contributed by atoms with Crippen LogP contribution in [0.4, 0.5) is 0 Å². The lowest BCUT2D eigenvalue weighted by Crippen LogP contribution is -2.13. The number of carbonyl (C=O) groups excluding carboxylic acids is 1. The van der Waals surface area contributed by atoms with Gasteiger partial charge in [0.2, 0.25) is 0 Å². The van der Waals surface area contributed by atoms with E-state index in [0.29, 0.717) is 19.4 Å². The fraction of sp³-hybridized carbons (Fsp3) is 0.429. The Balaban J connectivity index is 2.03. The highest BCUT2D eigenvalue weighted by Gasteiger charge is 2.20. The third-order valence-corrected chi connectivity index (χ3v) is 3.06. The Kier molecular flexibility index (Phi) is 3.97. The van der Waals surface area contributed by atoms with Crippen molar-refractivity contribution < 1.29 is 19.4 Å². The minimum atomic E-state index is -0.816. The maximum Gasteiger partial charge on any atom is 0.303 e. The molecule has 0 unspecified atom stereocenters. The van der Waals surface area contributed by atoms with Crippen molar-refractivity contribution in [1.82, 2.24) is 0 Å². The van der Waals surface area contributed by atoms with Crippen molar-refractivity contribution in [2.45, 2.75) is 32.1 Å². The van der Waals surface area contributed by atoms with Crippen LogP contribution in [0, 0.1) is 0 Å². The SMILES string of the molecule is O=C(O)CCCOc1cccc2c1CCCC2=O. The topological polar surface area (TPSA) is 63.6 Å². The van der Waals surface area contributed by atoms with E-state index in [1.54, 1.807) is 0 Å². The van der Waals surface area contributed by atoms with Crippen molar-refractivity contribution >= 4 is 11.8 Å². The van der Waals surface area contributed by atoms with Gasteiger partial charge >= 0.3 is 5.97 Å². The Labute approximate surface area is 106 Å². The molecule has 0 saturated carbocycles. The lowest BCUT2D eigenvalue weighted by molar-refractivity contribution is -0.137. The zero-order chi connectivity index (χ0) is 13.0. The highest BCUT2D eigenvalue weighted by atomic mass is 16.5. The second kappa shape index (κ2) is 5.67. The molecule has 0 radical (unpaired) electrons. The standard InChI is InChI=1S/C14H16O4/c15-12-6-1-5-11-10(12)4-2-7-13(11)18-9-3-8-14(16)17/h2,4,7H,1,3,5-6,8-9H2,(H,16,17). The fourth-order valence-corrected chi connectivity index (χ4v) is 2.19. The van der Waals surface area contributed by atoms with Crippen molar-refractivity contribution in [2.75, 3.05) is 6.61 Å². The van der Waals surface area contributed by atoms with Crippen molar-refractivity contribution in [3.63, 3.8) is 0 Å². The summed E-state index contributed by atoms with van der Waals surface area (Å²) in [6.45, 7) is 0.372. The molecule has 1 aliphatic rings. The zero-order valence-electron chi connectivity index (χ0n) is 10.1. The Morgan fingerprint density at radius 3 is 2.94 bits per heavy atom. The number of ether oxygens (including phenoxy) is 1. The van der Waals surface area contributed by atoms with Crippen LogP contribution < -0.4 is 4.74 Å². The fourth-order valence-electron chi connectivity index (χ4n) is 2.19. The monoisotopic (exact) mass is 248 g/mol. The summed E-state index contributed by atoms with van der Waals surface area (Å²) in [5, 5.41) is 8.54. The normalized spacial score (nSPS) is 14.1. The van der Waals surface area contributed by atoms with Gasteiger partial charge < -0.3 is 9.84 Å². The van der Waals surface area contributed by atoms with E-state index in [-0.39, 0.29) is 12.2 Å². The molecule has 0 spiro atoms. The molecule has 0 aliphatic heterocycles. The molecular weight excluding hydrogens is 232 g/mol. The summed E-state index contributed by atoms with van der Waals surface area (Å²) in [5.41, 5.74) is 1.74. The van der Waals surface area contributed by atoms with Gasteiger partial charge in [0.15, 0.2) is 5.78 Å². The number of carboxylic acid groups (broad SMARTS) is 1. The Morgan fingerprint density at radius 1 is 1.33 bits per heavy atom. The van der Waals surface area contributed by atoms with E-state index in [1.807, 2.05) is 18.2 Å². The number of aliphatic carboxylic acids is 1. The minimum Gasteiger partial charge on any atom is -0.493 e. The molecule has 4 heteroatoms. The minimum absolute atomic E-state index is 0.105. The van der Waals surface area contributed by atoms with Crippen LogP contribution in [0.3, 0.4) is 0 Å². The summed E-state index contributed by atoms with van der Waals surface area (Å²) < 4.78 is 5.59. The second-order valence-electron chi connectivity index (χ2n) is 4.40. The van der Waals surface area contributed by atoms with Crippen LogP contribution in [0.15, 0.2) is 18.2 Å². The van der Waals surface area contributed by atoms with Gasteiger partial charge in [0.1, 0.15) is 5.75 Å². The van der Waals surface area contributed by atoms with Crippen LogP contribution in [0.2, 0.25) is 0 Å². The lowest BCUT2D eigenvalue weighted by Gasteiger charge is -2.18. The first kappa shape index (κ1) is 12.6. The molecule has 1 aromatic carbocycles. The molecule has 1 N–H and O–H groups in total. The van der Waals surface area contributed by atoms with Crippen LogP contribution in [0.5, 0.6) is 5.75 Å². The first-order valence-corrected chi connectivity index (χ1v) is 6.18. The van der Waals surface area contributed by atoms with Gasteiger partial charge in [-0.05, 0) is 25.3 Å². The van der Waals surface area contributed by atoms with Crippen LogP contribution in [-0.2, 0) is 11.2 Å². The number of carbonyl (C=O) groups is 2. The molecule has 0 bridgehead atoms. The van der Waals surface area contributed by atoms with Crippen LogP contribution in [0.1, 0.15) is 41.6 Å². The highest BCUT2D eigenvalue weighted by molar-refractivity contribution is 5.99. The molecule has 0 saturated heterocycles. The number of Topliss-reactive ketones (excluding diaryl/α,β-unsaturated/α-hetero) is 1. The van der Waals surface area contributed by atoms with Crippen LogP contribution in [-0.4, -0.2) is 23.5 Å². The number of ketones is 1. The zero-order valence-corrected chi connectivity index (χ0v) is 10.1. The molecule has 0 atom stereocenters. The first-order valence-electron chi connectivity index (χ1n) is 6.18. The van der Waals surface area contributed by atoms with Gasteiger partial charge in [-0.15, -0.1) is 0 Å². The number of fused-ring (bicyclic) bond motifs is 1. The predicted molar refractivity (Wildman–Crippen MR) is 66.1 cm³/mol. The van der Waals surface area contributed by atoms with Crippen molar-refractivity contribution in [3.8, 4) is 5.75 Å². The first-order chi connectivity index (χ1) is 8.68.